The standard InChI is InChI=1S/C19H15N5O7/c20-21(15-11-12-16(22(25)26)18(24(29)30)17(15)23(27)28)31-19(13-7-3-1-4-8-13)14-9-5-2-6-10-14/h1-12,19H,20H2. The molecule has 0 atom stereocenters. The molecule has 0 spiro atoms. The molecule has 3 aromatic carbocycles. The number of nitro benzene ring substituents is 3. The Kier molecular flexibility index (Phi) is 6.14. The van der Waals surface area contributed by atoms with Gasteiger partial charge < -0.3 is 0 Å². The first-order chi connectivity index (χ1) is 14.8. The van der Waals surface area contributed by atoms with E-state index in [1.807, 2.05) is 0 Å². The second kappa shape index (κ2) is 8.94. The zero-order valence-electron chi connectivity index (χ0n) is 15.7. The number of nitro groups is 3. The monoisotopic (exact) mass is 425 g/mol. The first kappa shape index (κ1) is 21.3. The van der Waals surface area contributed by atoms with Crippen LogP contribution < -0.4 is 11.0 Å². The van der Waals surface area contributed by atoms with E-state index >= 15 is 0 Å². The average molecular weight is 425 g/mol. The van der Waals surface area contributed by atoms with E-state index in [0.29, 0.717) is 16.3 Å². The Morgan fingerprint density at radius 3 is 1.61 bits per heavy atom. The van der Waals surface area contributed by atoms with E-state index in [9.17, 15) is 30.3 Å². The quantitative estimate of drug-likeness (QED) is 0.320. The third-order valence-corrected chi connectivity index (χ3v) is 4.33. The van der Waals surface area contributed by atoms with E-state index in [4.69, 9.17) is 10.7 Å². The number of anilines is 1. The van der Waals surface area contributed by atoms with Crippen molar-refractivity contribution in [2.75, 3.05) is 5.17 Å². The summed E-state index contributed by atoms with van der Waals surface area (Å²) in [5.74, 6) is 5.92. The highest BCUT2D eigenvalue weighted by Crippen LogP contribution is 2.43. The average Bonchev–Trinajstić information content (AvgIpc) is 2.77. The lowest BCUT2D eigenvalue weighted by Gasteiger charge is -2.25. The highest BCUT2D eigenvalue weighted by molar-refractivity contribution is 5.78. The minimum Gasteiger partial charge on any atom is -0.258 e. The van der Waals surface area contributed by atoms with Gasteiger partial charge in [0.15, 0.2) is 5.69 Å². The molecule has 3 aromatic rings. The van der Waals surface area contributed by atoms with Crippen LogP contribution in [-0.2, 0) is 4.84 Å². The highest BCUT2D eigenvalue weighted by Gasteiger charge is 2.40. The first-order valence-corrected chi connectivity index (χ1v) is 8.73. The third-order valence-electron chi connectivity index (χ3n) is 4.33. The summed E-state index contributed by atoms with van der Waals surface area (Å²) in [7, 11) is 0. The fourth-order valence-corrected chi connectivity index (χ4v) is 2.98. The molecule has 0 aliphatic rings. The van der Waals surface area contributed by atoms with E-state index < -0.39 is 43.6 Å². The molecule has 12 heteroatoms. The molecule has 0 aliphatic heterocycles. The van der Waals surface area contributed by atoms with Gasteiger partial charge in [-0.1, -0.05) is 60.7 Å². The maximum atomic E-state index is 11.6. The molecule has 3 rings (SSSR count). The van der Waals surface area contributed by atoms with E-state index in [0.717, 1.165) is 12.1 Å². The van der Waals surface area contributed by atoms with Crippen LogP contribution in [0.2, 0.25) is 0 Å². The van der Waals surface area contributed by atoms with Crippen LogP contribution in [0.3, 0.4) is 0 Å². The Morgan fingerprint density at radius 1 is 0.710 bits per heavy atom. The molecular formula is C19H15N5O7. The Balaban J connectivity index is 2.10. The number of hydrazine groups is 1. The predicted octanol–water partition coefficient (Wildman–Crippen LogP) is 3.81. The SMILES string of the molecule is NN(OC(c1ccccc1)c1ccccc1)c1ccc([N+](=O)[O-])c([N+](=O)[O-])c1[N+](=O)[O-]. The van der Waals surface area contributed by atoms with Crippen LogP contribution >= 0.6 is 0 Å². The lowest BCUT2D eigenvalue weighted by molar-refractivity contribution is -0.440. The molecule has 0 unspecified atom stereocenters. The maximum absolute atomic E-state index is 11.6. The van der Waals surface area contributed by atoms with Crippen LogP contribution in [0.15, 0.2) is 72.8 Å². The topological polar surface area (TPSA) is 168 Å². The molecular weight excluding hydrogens is 410 g/mol. The fraction of sp³-hybridized carbons (Fsp3) is 0.0526. The molecule has 0 heterocycles. The van der Waals surface area contributed by atoms with Gasteiger partial charge in [-0.15, -0.1) is 0 Å². The first-order valence-electron chi connectivity index (χ1n) is 8.73. The van der Waals surface area contributed by atoms with E-state index in [1.165, 1.54) is 0 Å². The second-order valence-electron chi connectivity index (χ2n) is 6.20. The minimum atomic E-state index is -1.29. The Labute approximate surface area is 174 Å². The van der Waals surface area contributed by atoms with Crippen molar-refractivity contribution in [3.63, 3.8) is 0 Å². The molecule has 0 aliphatic carbocycles. The van der Waals surface area contributed by atoms with E-state index in [1.54, 1.807) is 60.7 Å². The number of hydrogen-bond donors (Lipinski definition) is 1. The number of nitrogens with zero attached hydrogens (tertiary/aromatic N) is 4. The summed E-state index contributed by atoms with van der Waals surface area (Å²) in [6, 6.07) is 19.3. The van der Waals surface area contributed by atoms with Crippen LogP contribution in [0, 0.1) is 30.3 Å². The van der Waals surface area contributed by atoms with Crippen molar-refractivity contribution in [1.82, 2.24) is 0 Å². The minimum absolute atomic E-state index is 0.513. The smallest absolute Gasteiger partial charge is 0.258 e. The number of benzene rings is 3. The van der Waals surface area contributed by atoms with Gasteiger partial charge in [-0.3, -0.25) is 30.3 Å². The molecule has 0 fully saturated rings. The van der Waals surface area contributed by atoms with Crippen molar-refractivity contribution in [1.29, 1.82) is 0 Å². The van der Waals surface area contributed by atoms with Crippen molar-refractivity contribution >= 4 is 22.7 Å². The van der Waals surface area contributed by atoms with Gasteiger partial charge in [-0.2, -0.15) is 5.17 Å². The second-order valence-corrected chi connectivity index (χ2v) is 6.20. The lowest BCUT2D eigenvalue weighted by Crippen LogP contribution is -2.34. The molecule has 31 heavy (non-hydrogen) atoms. The molecule has 0 saturated carbocycles. The van der Waals surface area contributed by atoms with Gasteiger partial charge in [0.25, 0.3) is 0 Å². The van der Waals surface area contributed by atoms with E-state index in [-0.39, 0.29) is 0 Å². The molecule has 158 valence electrons. The molecule has 0 radical (unpaired) electrons. The summed E-state index contributed by atoms with van der Waals surface area (Å²) in [5.41, 5.74) is -2.67. The zero-order chi connectivity index (χ0) is 22.5. The Bertz CT molecular complexity index is 1090. The lowest BCUT2D eigenvalue weighted by atomic mass is 10.0. The largest absolute Gasteiger partial charge is 0.424 e. The summed E-state index contributed by atoms with van der Waals surface area (Å²) >= 11 is 0. The molecule has 0 amide bonds. The van der Waals surface area contributed by atoms with Crippen molar-refractivity contribution in [2.24, 2.45) is 5.84 Å². The van der Waals surface area contributed by atoms with Gasteiger partial charge in [0.1, 0.15) is 6.10 Å². The van der Waals surface area contributed by atoms with Gasteiger partial charge in [0.05, 0.1) is 14.8 Å². The van der Waals surface area contributed by atoms with Crippen LogP contribution in [0.5, 0.6) is 0 Å². The fourth-order valence-electron chi connectivity index (χ4n) is 2.98. The third kappa shape index (κ3) is 4.44. The molecule has 2 N–H and O–H groups in total. The van der Waals surface area contributed by atoms with Crippen LogP contribution in [0.25, 0.3) is 0 Å². The van der Waals surface area contributed by atoms with Crippen molar-refractivity contribution < 1.29 is 19.6 Å². The van der Waals surface area contributed by atoms with Crippen LogP contribution in [0.4, 0.5) is 22.7 Å². The zero-order valence-corrected chi connectivity index (χ0v) is 15.7. The van der Waals surface area contributed by atoms with Crippen molar-refractivity contribution in [3.05, 3.63) is 114 Å². The molecule has 0 aromatic heterocycles. The van der Waals surface area contributed by atoms with Crippen molar-refractivity contribution in [2.45, 2.75) is 6.10 Å². The van der Waals surface area contributed by atoms with Crippen LogP contribution in [-0.4, -0.2) is 14.8 Å². The van der Waals surface area contributed by atoms with E-state index in [2.05, 4.69) is 0 Å². The van der Waals surface area contributed by atoms with Gasteiger partial charge in [0, 0.05) is 6.07 Å². The Hall–Kier alpha value is -4.42. The van der Waals surface area contributed by atoms with Gasteiger partial charge >= 0.3 is 17.1 Å². The van der Waals surface area contributed by atoms with Gasteiger partial charge in [-0.05, 0) is 17.2 Å². The summed E-state index contributed by atoms with van der Waals surface area (Å²) in [6.45, 7) is 0. The number of rotatable bonds is 8. The summed E-state index contributed by atoms with van der Waals surface area (Å²) in [6.07, 6.45) is -0.818. The molecule has 0 bridgehead atoms. The van der Waals surface area contributed by atoms with Gasteiger partial charge in [-0.25, -0.2) is 10.7 Å². The Morgan fingerprint density at radius 2 is 1.19 bits per heavy atom. The number of nitrogens with two attached hydrogens (primary N) is 1. The predicted molar refractivity (Wildman–Crippen MR) is 109 cm³/mol. The molecule has 0 saturated heterocycles. The summed E-state index contributed by atoms with van der Waals surface area (Å²) < 4.78 is 0. The van der Waals surface area contributed by atoms with Crippen LogP contribution in [0.1, 0.15) is 17.2 Å². The number of hydrogen-bond acceptors (Lipinski definition) is 9. The maximum Gasteiger partial charge on any atom is 0.424 e. The van der Waals surface area contributed by atoms with Crippen molar-refractivity contribution in [3.8, 4) is 0 Å². The normalized spacial score (nSPS) is 10.6. The summed E-state index contributed by atoms with van der Waals surface area (Å²) in [4.78, 5) is 36.5. The summed E-state index contributed by atoms with van der Waals surface area (Å²) in [5, 5.41) is 34.6. The van der Waals surface area contributed by atoms with Gasteiger partial charge in [0.2, 0.25) is 0 Å². The highest BCUT2D eigenvalue weighted by atomic mass is 16.7. The molecule has 12 nitrogen and oxygen atoms in total.